The highest BCUT2D eigenvalue weighted by Crippen LogP contribution is 2.21. The van der Waals surface area contributed by atoms with Crippen molar-refractivity contribution in [2.75, 3.05) is 38.0 Å². The van der Waals surface area contributed by atoms with Crippen LogP contribution in [0.5, 0.6) is 0 Å². The number of likely N-dealkylation sites (tertiary alicyclic amines) is 2. The Kier molecular flexibility index (Phi) is 7.33. The lowest BCUT2D eigenvalue weighted by molar-refractivity contribution is -0.117. The fourth-order valence-corrected chi connectivity index (χ4v) is 4.61. The van der Waals surface area contributed by atoms with Gasteiger partial charge in [-0.3, -0.25) is 14.5 Å². The van der Waals surface area contributed by atoms with Crippen molar-refractivity contribution in [3.63, 3.8) is 0 Å². The number of para-hydroxylation sites is 1. The first-order valence-electron chi connectivity index (χ1n) is 11.4. The third-order valence-electron chi connectivity index (χ3n) is 6.26. The maximum atomic E-state index is 12.8. The Morgan fingerprint density at radius 1 is 0.903 bits per heavy atom. The zero-order chi connectivity index (χ0) is 21.5. The normalized spacial score (nSPS) is 19.4. The van der Waals surface area contributed by atoms with E-state index in [1.165, 1.54) is 25.9 Å². The molecule has 2 aliphatic heterocycles. The van der Waals surface area contributed by atoms with Gasteiger partial charge >= 0.3 is 0 Å². The molecule has 0 radical (unpaired) electrons. The van der Waals surface area contributed by atoms with Gasteiger partial charge in [0.15, 0.2) is 0 Å². The van der Waals surface area contributed by atoms with Gasteiger partial charge in [-0.25, -0.2) is 0 Å². The first-order chi connectivity index (χ1) is 15.2. The zero-order valence-corrected chi connectivity index (χ0v) is 18.1. The minimum Gasteiger partial charge on any atom is -0.348 e. The van der Waals surface area contributed by atoms with E-state index in [4.69, 9.17) is 0 Å². The lowest BCUT2D eigenvalue weighted by Gasteiger charge is -2.28. The quantitative estimate of drug-likeness (QED) is 0.689. The van der Waals surface area contributed by atoms with Gasteiger partial charge in [-0.15, -0.1) is 0 Å². The molecule has 0 saturated carbocycles. The molecule has 2 aromatic rings. The van der Waals surface area contributed by atoms with Crippen LogP contribution in [0.2, 0.25) is 0 Å². The van der Waals surface area contributed by atoms with Crippen LogP contribution in [-0.2, 0) is 11.3 Å². The number of hydrogen-bond donors (Lipinski definition) is 2. The summed E-state index contributed by atoms with van der Waals surface area (Å²) in [5.74, 6) is -0.246. The van der Waals surface area contributed by atoms with E-state index in [2.05, 4.69) is 20.4 Å². The predicted octanol–water partition coefficient (Wildman–Crippen LogP) is 3.12. The molecule has 2 heterocycles. The number of nitrogens with one attached hydrogen (secondary N) is 2. The minimum absolute atomic E-state index is 0.0587. The van der Waals surface area contributed by atoms with Crippen molar-refractivity contribution in [3.8, 4) is 0 Å². The molecule has 2 fully saturated rings. The summed E-state index contributed by atoms with van der Waals surface area (Å²) in [5.41, 5.74) is 2.09. The van der Waals surface area contributed by atoms with Crippen LogP contribution in [0.15, 0.2) is 54.6 Å². The number of amides is 2. The summed E-state index contributed by atoms with van der Waals surface area (Å²) in [6, 6.07) is 17.5. The van der Waals surface area contributed by atoms with E-state index < -0.39 is 0 Å². The average Bonchev–Trinajstić information content (AvgIpc) is 3.46. The van der Waals surface area contributed by atoms with E-state index in [1.54, 1.807) is 12.1 Å². The topological polar surface area (TPSA) is 64.7 Å². The number of anilines is 1. The highest BCUT2D eigenvalue weighted by molar-refractivity contribution is 6.04. The van der Waals surface area contributed by atoms with Crippen LogP contribution in [-0.4, -0.2) is 60.4 Å². The van der Waals surface area contributed by atoms with Gasteiger partial charge in [0.2, 0.25) is 5.91 Å². The Morgan fingerprint density at radius 2 is 1.65 bits per heavy atom. The highest BCUT2D eigenvalue weighted by atomic mass is 16.2. The molecule has 0 spiro atoms. The minimum atomic E-state index is -0.187. The Hall–Kier alpha value is -2.70. The highest BCUT2D eigenvalue weighted by Gasteiger charge is 2.29. The lowest BCUT2D eigenvalue weighted by atomic mass is 10.1. The molecular formula is C25H32N4O2. The molecule has 4 rings (SSSR count). The second-order valence-electron chi connectivity index (χ2n) is 8.54. The third kappa shape index (κ3) is 5.93. The molecule has 31 heavy (non-hydrogen) atoms. The van der Waals surface area contributed by atoms with Crippen LogP contribution >= 0.6 is 0 Å². The van der Waals surface area contributed by atoms with E-state index in [9.17, 15) is 9.59 Å². The summed E-state index contributed by atoms with van der Waals surface area (Å²) in [6.07, 6.45) is 4.87. The Morgan fingerprint density at radius 3 is 2.45 bits per heavy atom. The van der Waals surface area contributed by atoms with Gasteiger partial charge in [0.05, 0.1) is 17.8 Å². The van der Waals surface area contributed by atoms with Gasteiger partial charge in [-0.1, -0.05) is 42.5 Å². The van der Waals surface area contributed by atoms with Crippen LogP contribution < -0.4 is 10.6 Å². The first kappa shape index (κ1) is 21.5. The van der Waals surface area contributed by atoms with Crippen LogP contribution in [0, 0.1) is 0 Å². The summed E-state index contributed by atoms with van der Waals surface area (Å²) in [6.45, 7) is 5.22. The van der Waals surface area contributed by atoms with Gasteiger partial charge in [0, 0.05) is 19.1 Å². The van der Waals surface area contributed by atoms with Crippen molar-refractivity contribution in [1.29, 1.82) is 0 Å². The van der Waals surface area contributed by atoms with Crippen molar-refractivity contribution >= 4 is 17.5 Å². The van der Waals surface area contributed by atoms with E-state index in [0.29, 0.717) is 30.4 Å². The molecular weight excluding hydrogens is 388 g/mol. The largest absolute Gasteiger partial charge is 0.348 e. The summed E-state index contributed by atoms with van der Waals surface area (Å²) in [7, 11) is 0. The molecule has 0 bridgehead atoms. The van der Waals surface area contributed by atoms with Crippen molar-refractivity contribution in [1.82, 2.24) is 15.1 Å². The maximum absolute atomic E-state index is 12.8. The standard InChI is InChI=1S/C25H32N4O2/c30-24(19-29-16-8-11-21(29)18-28-14-6-7-15-28)27-23-13-5-4-12-22(23)25(31)26-17-20-9-2-1-3-10-20/h1-5,9-10,12-13,21H,6-8,11,14-19H2,(H,26,31)(H,27,30). The van der Waals surface area contributed by atoms with E-state index in [1.807, 2.05) is 42.5 Å². The zero-order valence-electron chi connectivity index (χ0n) is 18.1. The molecule has 2 aliphatic rings. The lowest BCUT2D eigenvalue weighted by Crippen LogP contribution is -2.42. The number of nitrogens with zero attached hydrogens (tertiary/aromatic N) is 2. The molecule has 1 atom stereocenters. The Labute approximate surface area is 184 Å². The van der Waals surface area contributed by atoms with Gasteiger partial charge in [0.25, 0.3) is 5.91 Å². The van der Waals surface area contributed by atoms with E-state index in [-0.39, 0.29) is 11.8 Å². The van der Waals surface area contributed by atoms with Gasteiger partial charge in [-0.05, 0) is 63.0 Å². The van der Waals surface area contributed by atoms with Crippen LogP contribution in [0.4, 0.5) is 5.69 Å². The smallest absolute Gasteiger partial charge is 0.253 e. The van der Waals surface area contributed by atoms with Crippen molar-refractivity contribution in [2.24, 2.45) is 0 Å². The number of hydrogen-bond acceptors (Lipinski definition) is 4. The molecule has 2 saturated heterocycles. The predicted molar refractivity (Wildman–Crippen MR) is 123 cm³/mol. The monoisotopic (exact) mass is 420 g/mol. The fraction of sp³-hybridized carbons (Fsp3) is 0.440. The van der Waals surface area contributed by atoms with Gasteiger partial charge < -0.3 is 15.5 Å². The Balaban J connectivity index is 1.33. The van der Waals surface area contributed by atoms with E-state index in [0.717, 1.165) is 31.5 Å². The molecule has 2 N–H and O–H groups in total. The number of carbonyl (C=O) groups excluding carboxylic acids is 2. The molecule has 2 amide bonds. The van der Waals surface area contributed by atoms with Crippen molar-refractivity contribution in [3.05, 3.63) is 65.7 Å². The fourth-order valence-electron chi connectivity index (χ4n) is 4.61. The second-order valence-corrected chi connectivity index (χ2v) is 8.54. The van der Waals surface area contributed by atoms with Crippen molar-refractivity contribution in [2.45, 2.75) is 38.3 Å². The summed E-state index contributed by atoms with van der Waals surface area (Å²) in [5, 5.41) is 5.92. The molecule has 6 nitrogen and oxygen atoms in total. The average molecular weight is 421 g/mol. The van der Waals surface area contributed by atoms with Gasteiger partial charge in [-0.2, -0.15) is 0 Å². The molecule has 164 valence electrons. The summed E-state index contributed by atoms with van der Waals surface area (Å²) >= 11 is 0. The maximum Gasteiger partial charge on any atom is 0.253 e. The number of benzene rings is 2. The molecule has 6 heteroatoms. The summed E-state index contributed by atoms with van der Waals surface area (Å²) in [4.78, 5) is 30.4. The van der Waals surface area contributed by atoms with E-state index >= 15 is 0 Å². The first-order valence-corrected chi connectivity index (χ1v) is 11.4. The molecule has 1 unspecified atom stereocenters. The molecule has 2 aromatic carbocycles. The van der Waals surface area contributed by atoms with Crippen LogP contribution in [0.3, 0.4) is 0 Å². The SMILES string of the molecule is O=C(CN1CCCC1CN1CCCC1)Nc1ccccc1C(=O)NCc1ccccc1. The second kappa shape index (κ2) is 10.6. The van der Waals surface area contributed by atoms with Crippen LogP contribution in [0.1, 0.15) is 41.6 Å². The van der Waals surface area contributed by atoms with Crippen molar-refractivity contribution < 1.29 is 9.59 Å². The summed E-state index contributed by atoms with van der Waals surface area (Å²) < 4.78 is 0. The van der Waals surface area contributed by atoms with Crippen LogP contribution in [0.25, 0.3) is 0 Å². The Bertz CT molecular complexity index is 880. The number of carbonyl (C=O) groups is 2. The molecule has 0 aromatic heterocycles. The third-order valence-corrected chi connectivity index (χ3v) is 6.26. The molecule has 0 aliphatic carbocycles. The van der Waals surface area contributed by atoms with Gasteiger partial charge in [0.1, 0.15) is 0 Å². The number of rotatable bonds is 8.